The summed E-state index contributed by atoms with van der Waals surface area (Å²) in [6, 6.07) is 0. The van der Waals surface area contributed by atoms with Crippen LogP contribution in [-0.2, 0) is 4.79 Å². The predicted octanol–water partition coefficient (Wildman–Crippen LogP) is 1.23. The quantitative estimate of drug-likeness (QED) is 0.691. The van der Waals surface area contributed by atoms with Gasteiger partial charge in [0.1, 0.15) is 0 Å². The van der Waals surface area contributed by atoms with Gasteiger partial charge in [0.15, 0.2) is 0 Å². The molecule has 0 spiro atoms. The number of carbonyl (C=O) groups is 1. The van der Waals surface area contributed by atoms with Gasteiger partial charge in [-0.2, -0.15) is 0 Å². The minimum absolute atomic E-state index is 0.0469. The van der Waals surface area contributed by atoms with Crippen molar-refractivity contribution < 1.29 is 9.90 Å². The SMILES string of the molecule is NCC1(CC(=O)O)CC2CCC1C2. The summed E-state index contributed by atoms with van der Waals surface area (Å²) >= 11 is 0. The van der Waals surface area contributed by atoms with Crippen molar-refractivity contribution in [3.8, 4) is 0 Å². The Kier molecular flexibility index (Phi) is 2.06. The molecule has 2 saturated carbocycles. The third kappa shape index (κ3) is 1.35. The Morgan fingerprint density at radius 3 is 2.69 bits per heavy atom. The van der Waals surface area contributed by atoms with Crippen molar-refractivity contribution in [3.63, 3.8) is 0 Å². The minimum atomic E-state index is -0.682. The van der Waals surface area contributed by atoms with Crippen LogP contribution in [0.4, 0.5) is 0 Å². The number of carboxylic acids is 1. The number of hydrogen-bond acceptors (Lipinski definition) is 2. The molecule has 3 nitrogen and oxygen atoms in total. The van der Waals surface area contributed by atoms with E-state index in [9.17, 15) is 4.79 Å². The number of nitrogens with two attached hydrogens (primary N) is 1. The minimum Gasteiger partial charge on any atom is -0.481 e. The molecule has 0 amide bonds. The van der Waals surface area contributed by atoms with E-state index in [-0.39, 0.29) is 11.8 Å². The van der Waals surface area contributed by atoms with Crippen molar-refractivity contribution in [2.24, 2.45) is 23.0 Å². The molecule has 2 aliphatic rings. The van der Waals surface area contributed by atoms with Crippen molar-refractivity contribution in [2.45, 2.75) is 32.1 Å². The highest BCUT2D eigenvalue weighted by Crippen LogP contribution is 2.56. The van der Waals surface area contributed by atoms with Gasteiger partial charge >= 0.3 is 5.97 Å². The van der Waals surface area contributed by atoms with Crippen molar-refractivity contribution in [2.75, 3.05) is 6.54 Å². The average molecular weight is 183 g/mol. The molecule has 74 valence electrons. The van der Waals surface area contributed by atoms with Crippen LogP contribution in [0.1, 0.15) is 32.1 Å². The van der Waals surface area contributed by atoms with Gasteiger partial charge in [-0.05, 0) is 43.1 Å². The van der Waals surface area contributed by atoms with E-state index >= 15 is 0 Å². The molecular formula is C10H17NO2. The van der Waals surface area contributed by atoms with Gasteiger partial charge in [-0.15, -0.1) is 0 Å². The van der Waals surface area contributed by atoms with Crippen LogP contribution in [-0.4, -0.2) is 17.6 Å². The van der Waals surface area contributed by atoms with Crippen LogP contribution in [0.25, 0.3) is 0 Å². The summed E-state index contributed by atoms with van der Waals surface area (Å²) in [5.41, 5.74) is 5.69. The molecule has 0 aromatic heterocycles. The van der Waals surface area contributed by atoms with Crippen molar-refractivity contribution >= 4 is 5.97 Å². The molecule has 2 aliphatic carbocycles. The molecule has 2 bridgehead atoms. The fraction of sp³-hybridized carbons (Fsp3) is 0.900. The van der Waals surface area contributed by atoms with Gasteiger partial charge in [0.05, 0.1) is 6.42 Å². The van der Waals surface area contributed by atoms with E-state index in [1.54, 1.807) is 0 Å². The Morgan fingerprint density at radius 1 is 1.54 bits per heavy atom. The fourth-order valence-corrected chi connectivity index (χ4v) is 3.40. The van der Waals surface area contributed by atoms with Gasteiger partial charge in [-0.1, -0.05) is 6.42 Å². The van der Waals surface area contributed by atoms with E-state index in [2.05, 4.69) is 0 Å². The molecule has 3 N–H and O–H groups in total. The van der Waals surface area contributed by atoms with Crippen LogP contribution in [0.5, 0.6) is 0 Å². The van der Waals surface area contributed by atoms with E-state index in [0.717, 1.165) is 12.3 Å². The van der Waals surface area contributed by atoms with Crippen LogP contribution < -0.4 is 5.73 Å². The number of hydrogen-bond donors (Lipinski definition) is 2. The van der Waals surface area contributed by atoms with Crippen LogP contribution in [0.2, 0.25) is 0 Å². The molecule has 13 heavy (non-hydrogen) atoms. The maximum atomic E-state index is 10.7. The second-order valence-corrected chi connectivity index (χ2v) is 4.72. The second kappa shape index (κ2) is 2.98. The predicted molar refractivity (Wildman–Crippen MR) is 49.2 cm³/mol. The summed E-state index contributed by atoms with van der Waals surface area (Å²) in [7, 11) is 0. The standard InChI is InChI=1S/C10H17NO2/c11-6-10(5-9(12)13)4-7-1-2-8(10)3-7/h7-8H,1-6,11H2,(H,12,13). The molecule has 2 rings (SSSR count). The first kappa shape index (κ1) is 9.00. The third-order valence-corrected chi connectivity index (χ3v) is 4.01. The van der Waals surface area contributed by atoms with E-state index < -0.39 is 5.97 Å². The van der Waals surface area contributed by atoms with Crippen LogP contribution in [0, 0.1) is 17.3 Å². The fourth-order valence-electron chi connectivity index (χ4n) is 3.40. The summed E-state index contributed by atoms with van der Waals surface area (Å²) in [6.07, 6.45) is 5.07. The molecule has 0 saturated heterocycles. The highest BCUT2D eigenvalue weighted by atomic mass is 16.4. The molecule has 0 heterocycles. The smallest absolute Gasteiger partial charge is 0.303 e. The second-order valence-electron chi connectivity index (χ2n) is 4.72. The lowest BCUT2D eigenvalue weighted by molar-refractivity contribution is -0.140. The maximum Gasteiger partial charge on any atom is 0.303 e. The Bertz CT molecular complexity index is 229. The van der Waals surface area contributed by atoms with Gasteiger partial charge in [0.2, 0.25) is 0 Å². The average Bonchev–Trinajstić information content (AvgIpc) is 2.62. The molecule has 3 atom stereocenters. The Labute approximate surface area is 78.3 Å². The number of rotatable bonds is 3. The maximum absolute atomic E-state index is 10.7. The van der Waals surface area contributed by atoms with E-state index in [1.807, 2.05) is 0 Å². The van der Waals surface area contributed by atoms with Crippen molar-refractivity contribution in [3.05, 3.63) is 0 Å². The third-order valence-electron chi connectivity index (χ3n) is 4.01. The van der Waals surface area contributed by atoms with Gasteiger partial charge in [0.25, 0.3) is 0 Å². The Hall–Kier alpha value is -0.570. The highest BCUT2D eigenvalue weighted by molar-refractivity contribution is 5.68. The van der Waals surface area contributed by atoms with Gasteiger partial charge in [0, 0.05) is 0 Å². The Balaban J connectivity index is 2.12. The number of aliphatic carboxylic acids is 1. The molecule has 3 heteroatoms. The number of fused-ring (bicyclic) bond motifs is 2. The van der Waals surface area contributed by atoms with Crippen LogP contribution >= 0.6 is 0 Å². The van der Waals surface area contributed by atoms with Crippen molar-refractivity contribution in [1.82, 2.24) is 0 Å². The van der Waals surface area contributed by atoms with Crippen LogP contribution in [0.3, 0.4) is 0 Å². The van der Waals surface area contributed by atoms with E-state index in [4.69, 9.17) is 10.8 Å². The topological polar surface area (TPSA) is 63.3 Å². The molecule has 3 unspecified atom stereocenters. The first-order chi connectivity index (χ1) is 6.16. The van der Waals surface area contributed by atoms with E-state index in [1.165, 1.54) is 19.3 Å². The molecule has 0 aromatic carbocycles. The summed E-state index contributed by atoms with van der Waals surface area (Å²) in [4.78, 5) is 10.7. The molecule has 0 aliphatic heterocycles. The largest absolute Gasteiger partial charge is 0.481 e. The van der Waals surface area contributed by atoms with E-state index in [0.29, 0.717) is 12.5 Å². The summed E-state index contributed by atoms with van der Waals surface area (Å²) in [5, 5.41) is 8.84. The normalized spacial score (nSPS) is 42.5. The first-order valence-corrected chi connectivity index (χ1v) is 5.08. The molecule has 0 radical (unpaired) electrons. The molecule has 2 fully saturated rings. The van der Waals surface area contributed by atoms with Gasteiger partial charge in [-0.3, -0.25) is 4.79 Å². The zero-order chi connectivity index (χ0) is 9.47. The molecule has 0 aromatic rings. The lowest BCUT2D eigenvalue weighted by atomic mass is 9.71. The first-order valence-electron chi connectivity index (χ1n) is 5.08. The summed E-state index contributed by atoms with van der Waals surface area (Å²) in [6.45, 7) is 0.556. The zero-order valence-electron chi connectivity index (χ0n) is 7.83. The van der Waals surface area contributed by atoms with Gasteiger partial charge < -0.3 is 10.8 Å². The Morgan fingerprint density at radius 2 is 2.31 bits per heavy atom. The lowest BCUT2D eigenvalue weighted by Gasteiger charge is -2.35. The highest BCUT2D eigenvalue weighted by Gasteiger charge is 2.50. The van der Waals surface area contributed by atoms with Gasteiger partial charge in [-0.25, -0.2) is 0 Å². The summed E-state index contributed by atoms with van der Waals surface area (Å²) in [5.74, 6) is 0.685. The molecular weight excluding hydrogens is 166 g/mol. The van der Waals surface area contributed by atoms with Crippen LogP contribution in [0.15, 0.2) is 0 Å². The zero-order valence-corrected chi connectivity index (χ0v) is 7.83. The monoisotopic (exact) mass is 183 g/mol. The number of carboxylic acid groups (broad SMARTS) is 1. The lowest BCUT2D eigenvalue weighted by Crippen LogP contribution is -2.37. The summed E-state index contributed by atoms with van der Waals surface area (Å²) < 4.78 is 0. The van der Waals surface area contributed by atoms with Crippen molar-refractivity contribution in [1.29, 1.82) is 0 Å².